The Hall–Kier alpha value is -4.55. The minimum Gasteiger partial charge on any atom is -0.436 e. The predicted octanol–water partition coefficient (Wildman–Crippen LogP) is 4.67. The van der Waals surface area contributed by atoms with Crippen molar-refractivity contribution in [2.45, 2.75) is 0 Å². The van der Waals surface area contributed by atoms with Crippen LogP contribution in [0, 0.1) is 10.1 Å². The Bertz CT molecular complexity index is 1360. The normalized spacial score (nSPS) is 11.2. The molecule has 4 aromatic rings. The lowest BCUT2D eigenvalue weighted by Gasteiger charge is -2.21. The minimum absolute atomic E-state index is 0.114. The van der Waals surface area contributed by atoms with Crippen LogP contribution >= 0.6 is 7.37 Å². The predicted molar refractivity (Wildman–Crippen MR) is 135 cm³/mol. The first-order chi connectivity index (χ1) is 17.0. The second-order valence-electron chi connectivity index (χ2n) is 7.35. The van der Waals surface area contributed by atoms with E-state index in [4.69, 9.17) is 4.52 Å². The van der Waals surface area contributed by atoms with E-state index in [0.29, 0.717) is 21.9 Å². The van der Waals surface area contributed by atoms with Crippen LogP contribution in [-0.2, 0) is 4.57 Å². The molecule has 1 amide bonds. The van der Waals surface area contributed by atoms with E-state index < -0.39 is 18.2 Å². The molecule has 0 aliphatic rings. The third kappa shape index (κ3) is 5.51. The smallest absolute Gasteiger partial charge is 0.306 e. The van der Waals surface area contributed by atoms with Crippen LogP contribution in [0.5, 0.6) is 5.75 Å². The van der Waals surface area contributed by atoms with Gasteiger partial charge in [0.2, 0.25) is 0 Å². The molecule has 0 fully saturated rings. The number of nitrogens with zero attached hydrogens (tertiary/aromatic N) is 2. The number of nitro groups is 1. The molecule has 0 bridgehead atoms. The first-order valence-corrected chi connectivity index (χ1v) is 12.2. The molecule has 1 N–H and O–H groups in total. The summed E-state index contributed by atoms with van der Waals surface area (Å²) in [6.45, 7) is 0. The summed E-state index contributed by atoms with van der Waals surface area (Å²) in [7, 11) is -3.49. The fraction of sp³-hybridized carbons (Fsp3) is 0. The topological polar surface area (TPSA) is 111 Å². The minimum atomic E-state index is -3.49. The van der Waals surface area contributed by atoms with Gasteiger partial charge in [0.05, 0.1) is 21.7 Å². The Balaban J connectivity index is 1.57. The third-order valence-electron chi connectivity index (χ3n) is 5.05. The van der Waals surface area contributed by atoms with E-state index >= 15 is 0 Å². The lowest BCUT2D eigenvalue weighted by Crippen LogP contribution is -2.20. The zero-order valence-corrected chi connectivity index (χ0v) is 19.2. The van der Waals surface area contributed by atoms with Gasteiger partial charge in [0.15, 0.2) is 0 Å². The van der Waals surface area contributed by atoms with Gasteiger partial charge in [0, 0.05) is 23.3 Å². The number of amides is 1. The molecule has 9 heteroatoms. The summed E-state index contributed by atoms with van der Waals surface area (Å²) >= 11 is 0. The van der Waals surface area contributed by atoms with Gasteiger partial charge in [0.1, 0.15) is 5.75 Å². The number of nitro benzene ring substituents is 1. The average Bonchev–Trinajstić information content (AvgIpc) is 2.90. The van der Waals surface area contributed by atoms with Crippen molar-refractivity contribution in [3.8, 4) is 5.75 Å². The number of carbonyl (C=O) groups is 1. The standard InChI is InChI=1S/C26H20N3O5P/c30-26(20-15-17-22(18-16-20)29(31)32)28-27-19-21-9-7-8-14-25(21)34-35(33,23-10-3-1-4-11-23)24-12-5-2-6-13-24/h1-19H,(H,28,30)/b27-19+. The van der Waals surface area contributed by atoms with E-state index in [1.54, 1.807) is 72.8 Å². The van der Waals surface area contributed by atoms with Gasteiger partial charge >= 0.3 is 7.37 Å². The summed E-state index contributed by atoms with van der Waals surface area (Å²) in [5, 5.41) is 15.8. The molecule has 4 aromatic carbocycles. The highest BCUT2D eigenvalue weighted by molar-refractivity contribution is 7.74. The number of hydrogen-bond acceptors (Lipinski definition) is 6. The van der Waals surface area contributed by atoms with E-state index in [1.165, 1.54) is 30.5 Å². The van der Waals surface area contributed by atoms with Crippen LogP contribution in [-0.4, -0.2) is 17.0 Å². The number of non-ortho nitro benzene ring substituents is 1. The molecule has 35 heavy (non-hydrogen) atoms. The number of nitrogens with one attached hydrogen (secondary N) is 1. The van der Waals surface area contributed by atoms with Crippen LogP contribution in [0.15, 0.2) is 114 Å². The lowest BCUT2D eigenvalue weighted by molar-refractivity contribution is -0.384. The van der Waals surface area contributed by atoms with Gasteiger partial charge in [0.25, 0.3) is 11.6 Å². The van der Waals surface area contributed by atoms with E-state index in [1.807, 2.05) is 12.1 Å². The molecule has 174 valence electrons. The van der Waals surface area contributed by atoms with E-state index in [9.17, 15) is 19.5 Å². The summed E-state index contributed by atoms with van der Waals surface area (Å²) < 4.78 is 20.4. The van der Waals surface area contributed by atoms with Crippen molar-refractivity contribution in [3.63, 3.8) is 0 Å². The quantitative estimate of drug-likeness (QED) is 0.169. The molecule has 0 aliphatic heterocycles. The van der Waals surface area contributed by atoms with Crippen molar-refractivity contribution in [1.29, 1.82) is 0 Å². The summed E-state index contributed by atoms with van der Waals surface area (Å²) in [5.41, 5.74) is 2.99. The molecule has 0 unspecified atom stereocenters. The van der Waals surface area contributed by atoms with Crippen LogP contribution in [0.25, 0.3) is 0 Å². The fourth-order valence-corrected chi connectivity index (χ4v) is 5.35. The zero-order chi connectivity index (χ0) is 24.7. The average molecular weight is 485 g/mol. The second-order valence-corrected chi connectivity index (χ2v) is 9.67. The monoisotopic (exact) mass is 485 g/mol. The molecule has 0 saturated heterocycles. The maximum Gasteiger partial charge on any atom is 0.306 e. The SMILES string of the molecule is O=C(N/N=C/c1ccccc1OP(=O)(c1ccccc1)c1ccccc1)c1ccc([N+](=O)[O-])cc1. The molecular formula is C26H20N3O5P. The van der Waals surface area contributed by atoms with Crippen molar-refractivity contribution in [2.75, 3.05) is 0 Å². The molecule has 4 rings (SSSR count). The van der Waals surface area contributed by atoms with E-state index in [-0.39, 0.29) is 11.3 Å². The lowest BCUT2D eigenvalue weighted by atomic mass is 10.2. The Morgan fingerprint density at radius 2 is 1.37 bits per heavy atom. The fourth-order valence-electron chi connectivity index (χ4n) is 3.27. The molecule has 0 atom stereocenters. The summed E-state index contributed by atoms with van der Waals surface area (Å²) in [6, 6.07) is 30.0. The van der Waals surface area contributed by atoms with Gasteiger partial charge in [-0.2, -0.15) is 5.10 Å². The first kappa shape index (κ1) is 23.6. The largest absolute Gasteiger partial charge is 0.436 e. The molecule has 0 aromatic heterocycles. The van der Waals surface area contributed by atoms with Gasteiger partial charge in [-0.3, -0.25) is 19.5 Å². The highest BCUT2D eigenvalue weighted by Gasteiger charge is 2.30. The number of rotatable bonds is 8. The van der Waals surface area contributed by atoms with Gasteiger partial charge < -0.3 is 4.52 Å². The zero-order valence-electron chi connectivity index (χ0n) is 18.4. The van der Waals surface area contributed by atoms with Crippen LogP contribution in [0.1, 0.15) is 15.9 Å². The van der Waals surface area contributed by atoms with Gasteiger partial charge in [-0.25, -0.2) is 5.43 Å². The number of hydrazone groups is 1. The molecule has 0 spiro atoms. The van der Waals surface area contributed by atoms with Crippen LogP contribution in [0.2, 0.25) is 0 Å². The van der Waals surface area contributed by atoms with Gasteiger partial charge in [-0.15, -0.1) is 0 Å². The Labute approximate surface area is 201 Å². The van der Waals surface area contributed by atoms with E-state index in [2.05, 4.69) is 10.5 Å². The van der Waals surface area contributed by atoms with Gasteiger partial charge in [-0.05, 0) is 48.5 Å². The Morgan fingerprint density at radius 3 is 1.94 bits per heavy atom. The second kappa shape index (κ2) is 10.6. The molecule has 8 nitrogen and oxygen atoms in total. The van der Waals surface area contributed by atoms with Gasteiger partial charge in [-0.1, -0.05) is 48.5 Å². The van der Waals surface area contributed by atoms with E-state index in [0.717, 1.165) is 0 Å². The van der Waals surface area contributed by atoms with Crippen molar-refractivity contribution in [1.82, 2.24) is 5.43 Å². The number of hydrogen-bond donors (Lipinski definition) is 1. The third-order valence-corrected chi connectivity index (χ3v) is 7.46. The van der Waals surface area contributed by atoms with Crippen molar-refractivity contribution in [3.05, 3.63) is 130 Å². The number of benzene rings is 4. The highest BCUT2D eigenvalue weighted by Crippen LogP contribution is 2.45. The highest BCUT2D eigenvalue weighted by atomic mass is 31.2. The van der Waals surface area contributed by atoms with Crippen LogP contribution in [0.3, 0.4) is 0 Å². The summed E-state index contributed by atoms with van der Waals surface area (Å²) in [5.74, 6) is -0.203. The first-order valence-electron chi connectivity index (χ1n) is 10.5. The molecule has 0 radical (unpaired) electrons. The summed E-state index contributed by atoms with van der Waals surface area (Å²) in [6.07, 6.45) is 1.39. The maximum atomic E-state index is 14.2. The Morgan fingerprint density at radius 1 is 0.829 bits per heavy atom. The Kier molecular flexibility index (Phi) is 7.14. The number of para-hydroxylation sites is 1. The molecule has 0 saturated carbocycles. The maximum absolute atomic E-state index is 14.2. The molecule has 0 aliphatic carbocycles. The van der Waals surface area contributed by atoms with Crippen molar-refractivity contribution >= 4 is 35.8 Å². The number of carbonyl (C=O) groups excluding carboxylic acids is 1. The van der Waals surface area contributed by atoms with Crippen molar-refractivity contribution < 1.29 is 18.8 Å². The van der Waals surface area contributed by atoms with Crippen molar-refractivity contribution in [2.24, 2.45) is 5.10 Å². The van der Waals surface area contributed by atoms with Crippen LogP contribution in [0.4, 0.5) is 5.69 Å². The summed E-state index contributed by atoms with van der Waals surface area (Å²) in [4.78, 5) is 22.6. The molecular weight excluding hydrogens is 465 g/mol. The van der Waals surface area contributed by atoms with Crippen LogP contribution < -0.4 is 20.6 Å². The molecule has 0 heterocycles.